The minimum absolute atomic E-state index is 0.0279. The molecule has 4 aliphatic rings. The number of aliphatic hydroxyl groups is 1. The van der Waals surface area contributed by atoms with Crippen LogP contribution >= 0.6 is 0 Å². The molecule has 1 aliphatic carbocycles. The predicted octanol–water partition coefficient (Wildman–Crippen LogP) is 3.04. The summed E-state index contributed by atoms with van der Waals surface area (Å²) in [6.07, 6.45) is 9.06. The maximum atomic E-state index is 13.4. The standard InChI is InChI=1S/C34H47N7O4/c1-20(2)40-14-13-24(19-40)38-34(45)22-4-12-31(36-18-22)41-26-7-8-27(41)17-25(16-26)39-33(44)21-3-11-29(32(35)43)30(15-21)37-23-5-9-28(42)10-6-23/h3-4,11-12,15,18,20,23-28,37,42H,5-10,13-14,16-17,19H2,1-2H3,(H2,35,43)(H,38,45)(H,39,44)/t23-,24?,25?,26?,27?,28-. The maximum absolute atomic E-state index is 13.4. The summed E-state index contributed by atoms with van der Waals surface area (Å²) < 4.78 is 0. The van der Waals surface area contributed by atoms with Gasteiger partial charge in [0.1, 0.15) is 5.82 Å². The van der Waals surface area contributed by atoms with Crippen molar-refractivity contribution in [2.24, 2.45) is 5.73 Å². The number of nitrogens with zero attached hydrogens (tertiary/aromatic N) is 3. The first kappa shape index (κ1) is 31.3. The average molecular weight is 618 g/mol. The van der Waals surface area contributed by atoms with Gasteiger partial charge >= 0.3 is 0 Å². The van der Waals surface area contributed by atoms with E-state index in [-0.39, 0.29) is 48.1 Å². The lowest BCUT2D eigenvalue weighted by Gasteiger charge is -2.40. The first-order valence-corrected chi connectivity index (χ1v) is 16.6. The minimum Gasteiger partial charge on any atom is -0.393 e. The van der Waals surface area contributed by atoms with Gasteiger partial charge in [0.2, 0.25) is 0 Å². The van der Waals surface area contributed by atoms with Gasteiger partial charge in [0.25, 0.3) is 17.7 Å². The van der Waals surface area contributed by atoms with E-state index < -0.39 is 5.91 Å². The van der Waals surface area contributed by atoms with Gasteiger partial charge in [-0.1, -0.05) is 0 Å². The summed E-state index contributed by atoms with van der Waals surface area (Å²) in [4.78, 5) is 47.8. The second-order valence-electron chi connectivity index (χ2n) is 13.7. The molecule has 11 heteroatoms. The van der Waals surface area contributed by atoms with Gasteiger partial charge in [0, 0.05) is 66.8 Å². The van der Waals surface area contributed by atoms with Crippen LogP contribution in [0.3, 0.4) is 0 Å². The fraction of sp³-hybridized carbons (Fsp3) is 0.588. The first-order valence-electron chi connectivity index (χ1n) is 16.6. The number of piperidine rings is 1. The zero-order valence-electron chi connectivity index (χ0n) is 26.4. The number of likely N-dealkylation sites (tertiary alicyclic amines) is 1. The Morgan fingerprint density at radius 3 is 2.16 bits per heavy atom. The van der Waals surface area contributed by atoms with Crippen molar-refractivity contribution in [3.8, 4) is 0 Å². The number of amides is 3. The molecule has 3 amide bonds. The van der Waals surface area contributed by atoms with Crippen molar-refractivity contribution in [2.75, 3.05) is 23.3 Å². The van der Waals surface area contributed by atoms with Crippen LogP contribution in [-0.4, -0.2) is 88.2 Å². The lowest BCUT2D eigenvalue weighted by atomic mass is 9.92. The van der Waals surface area contributed by atoms with E-state index in [1.165, 1.54) is 0 Å². The number of nitrogens with two attached hydrogens (primary N) is 1. The summed E-state index contributed by atoms with van der Waals surface area (Å²) in [5.74, 6) is 0.0917. The van der Waals surface area contributed by atoms with Gasteiger partial charge in [-0.25, -0.2) is 4.98 Å². The molecule has 0 radical (unpaired) electrons. The molecule has 4 fully saturated rings. The monoisotopic (exact) mass is 617 g/mol. The molecule has 45 heavy (non-hydrogen) atoms. The number of benzene rings is 1. The smallest absolute Gasteiger partial charge is 0.253 e. The predicted molar refractivity (Wildman–Crippen MR) is 173 cm³/mol. The Morgan fingerprint density at radius 2 is 1.53 bits per heavy atom. The van der Waals surface area contributed by atoms with E-state index >= 15 is 0 Å². The molecule has 11 nitrogen and oxygen atoms in total. The molecule has 6 rings (SSSR count). The van der Waals surface area contributed by atoms with Crippen LogP contribution in [0.5, 0.6) is 0 Å². The molecule has 4 heterocycles. The van der Waals surface area contributed by atoms with E-state index in [1.807, 2.05) is 12.1 Å². The zero-order valence-corrected chi connectivity index (χ0v) is 26.4. The van der Waals surface area contributed by atoms with Crippen molar-refractivity contribution in [3.63, 3.8) is 0 Å². The SMILES string of the molecule is CC(C)N1CCC(NC(=O)c2ccc(N3C4CCC3CC(NC(=O)c3ccc(C(N)=O)c(N[C@H]5CC[C@H](O)CC5)c3)C4)nc2)C1. The lowest BCUT2D eigenvalue weighted by Crippen LogP contribution is -2.50. The van der Waals surface area contributed by atoms with Gasteiger partial charge < -0.3 is 31.7 Å². The van der Waals surface area contributed by atoms with Crippen molar-refractivity contribution < 1.29 is 19.5 Å². The van der Waals surface area contributed by atoms with E-state index in [9.17, 15) is 19.5 Å². The molecular formula is C34H47N7O4. The van der Waals surface area contributed by atoms with E-state index in [2.05, 4.69) is 39.6 Å². The second kappa shape index (κ2) is 13.3. The van der Waals surface area contributed by atoms with E-state index in [4.69, 9.17) is 10.7 Å². The summed E-state index contributed by atoms with van der Waals surface area (Å²) >= 11 is 0. The number of anilines is 2. The number of aliphatic hydroxyl groups excluding tert-OH is 1. The number of hydrogen-bond donors (Lipinski definition) is 5. The van der Waals surface area contributed by atoms with E-state index in [0.29, 0.717) is 41.3 Å². The molecule has 3 aliphatic heterocycles. The van der Waals surface area contributed by atoms with Gasteiger partial charge in [-0.2, -0.15) is 0 Å². The van der Waals surface area contributed by atoms with Crippen LogP contribution < -0.4 is 26.6 Å². The highest BCUT2D eigenvalue weighted by atomic mass is 16.3. The topological polar surface area (TPSA) is 153 Å². The molecule has 0 spiro atoms. The molecule has 3 saturated heterocycles. The van der Waals surface area contributed by atoms with Crippen molar-refractivity contribution >= 4 is 29.2 Å². The van der Waals surface area contributed by atoms with E-state index in [0.717, 1.165) is 63.9 Å². The van der Waals surface area contributed by atoms with Gasteiger partial charge in [-0.15, -0.1) is 0 Å². The van der Waals surface area contributed by atoms with Crippen LogP contribution in [0, 0.1) is 0 Å². The molecule has 1 aromatic carbocycles. The number of carbonyl (C=O) groups excluding carboxylic acids is 3. The van der Waals surface area contributed by atoms with Crippen molar-refractivity contribution in [1.29, 1.82) is 0 Å². The van der Waals surface area contributed by atoms with Crippen LogP contribution in [0.4, 0.5) is 11.5 Å². The molecular weight excluding hydrogens is 570 g/mol. The van der Waals surface area contributed by atoms with Gasteiger partial charge in [0.15, 0.2) is 0 Å². The van der Waals surface area contributed by atoms with Gasteiger partial charge in [-0.3, -0.25) is 19.3 Å². The molecule has 2 aromatic rings. The second-order valence-corrected chi connectivity index (χ2v) is 13.7. The molecule has 1 saturated carbocycles. The van der Waals surface area contributed by atoms with Crippen molar-refractivity contribution in [3.05, 3.63) is 53.2 Å². The number of fused-ring (bicyclic) bond motifs is 2. The van der Waals surface area contributed by atoms with Crippen LogP contribution in [0.1, 0.15) is 103 Å². The number of hydrogen-bond acceptors (Lipinski definition) is 8. The lowest BCUT2D eigenvalue weighted by molar-refractivity contribution is 0.0922. The normalized spacial score (nSPS) is 28.2. The fourth-order valence-corrected chi connectivity index (χ4v) is 7.71. The highest BCUT2D eigenvalue weighted by Gasteiger charge is 2.42. The highest BCUT2D eigenvalue weighted by Crippen LogP contribution is 2.39. The summed E-state index contributed by atoms with van der Waals surface area (Å²) in [6.45, 7) is 6.25. The molecule has 1 aromatic heterocycles. The Hall–Kier alpha value is -3.70. The fourth-order valence-electron chi connectivity index (χ4n) is 7.71. The Kier molecular flexibility index (Phi) is 9.28. The Bertz CT molecular complexity index is 1380. The molecule has 6 N–H and O–H groups in total. The van der Waals surface area contributed by atoms with Gasteiger partial charge in [0.05, 0.1) is 17.2 Å². The van der Waals surface area contributed by atoms with Crippen molar-refractivity contribution in [2.45, 2.75) is 114 Å². The summed E-state index contributed by atoms with van der Waals surface area (Å²) in [6, 6.07) is 10.1. The third-order valence-electron chi connectivity index (χ3n) is 10.2. The zero-order chi connectivity index (χ0) is 31.7. The number of aromatic nitrogens is 1. The maximum Gasteiger partial charge on any atom is 0.253 e. The van der Waals surface area contributed by atoms with Crippen LogP contribution in [0.2, 0.25) is 0 Å². The molecule has 3 atom stereocenters. The Balaban J connectivity index is 1.05. The van der Waals surface area contributed by atoms with Crippen LogP contribution in [-0.2, 0) is 0 Å². The quantitative estimate of drug-likeness (QED) is 0.288. The Labute approximate surface area is 265 Å². The number of carbonyl (C=O) groups is 3. The molecule has 3 unspecified atom stereocenters. The third-order valence-corrected chi connectivity index (χ3v) is 10.2. The van der Waals surface area contributed by atoms with E-state index in [1.54, 1.807) is 24.4 Å². The average Bonchev–Trinajstić information content (AvgIpc) is 3.60. The summed E-state index contributed by atoms with van der Waals surface area (Å²) in [7, 11) is 0. The van der Waals surface area contributed by atoms with Crippen LogP contribution in [0.15, 0.2) is 36.5 Å². The van der Waals surface area contributed by atoms with Crippen LogP contribution in [0.25, 0.3) is 0 Å². The number of nitrogens with one attached hydrogen (secondary N) is 3. The highest BCUT2D eigenvalue weighted by molar-refractivity contribution is 6.02. The minimum atomic E-state index is -0.543. The third kappa shape index (κ3) is 7.09. The van der Waals surface area contributed by atoms with Crippen molar-refractivity contribution in [1.82, 2.24) is 20.5 Å². The Morgan fingerprint density at radius 1 is 0.867 bits per heavy atom. The number of primary amides is 1. The van der Waals surface area contributed by atoms with Gasteiger partial charge in [-0.05, 0) is 102 Å². The largest absolute Gasteiger partial charge is 0.393 e. The molecule has 2 bridgehead atoms. The summed E-state index contributed by atoms with van der Waals surface area (Å²) in [5, 5.41) is 19.7. The number of pyridine rings is 1. The summed E-state index contributed by atoms with van der Waals surface area (Å²) in [5.41, 5.74) is 7.62. The number of rotatable bonds is 9. The first-order chi connectivity index (χ1) is 21.6. The molecule has 242 valence electrons.